The summed E-state index contributed by atoms with van der Waals surface area (Å²) in [6.07, 6.45) is 0. The number of hydrogen-bond acceptors (Lipinski definition) is 4. The van der Waals surface area contributed by atoms with Crippen molar-refractivity contribution >= 4 is 46.1 Å². The minimum absolute atomic E-state index is 0.283. The Morgan fingerprint density at radius 3 is 2.76 bits per heavy atom. The van der Waals surface area contributed by atoms with Crippen LogP contribution in [0.25, 0.3) is 10.6 Å². The standard InChI is InChI=1S/C18H11Cl2N3OS/c1-10-16(25-18(22-10)11-3-2-4-13(19)7-11)17(24)23-14-5-6-15(20)12(8-14)9-21/h2-8H,1H3,(H,23,24). The van der Waals surface area contributed by atoms with E-state index in [1.54, 1.807) is 31.2 Å². The summed E-state index contributed by atoms with van der Waals surface area (Å²) in [6.45, 7) is 1.78. The first-order valence-electron chi connectivity index (χ1n) is 7.22. The molecule has 25 heavy (non-hydrogen) atoms. The molecule has 1 N–H and O–H groups in total. The van der Waals surface area contributed by atoms with Gasteiger partial charge in [0.2, 0.25) is 0 Å². The van der Waals surface area contributed by atoms with Crippen LogP contribution in [0.5, 0.6) is 0 Å². The minimum Gasteiger partial charge on any atom is -0.321 e. The molecule has 1 amide bonds. The van der Waals surface area contributed by atoms with Crippen LogP contribution in [0.3, 0.4) is 0 Å². The van der Waals surface area contributed by atoms with Crippen molar-refractivity contribution in [2.24, 2.45) is 0 Å². The van der Waals surface area contributed by atoms with Gasteiger partial charge in [0.05, 0.1) is 16.3 Å². The topological polar surface area (TPSA) is 65.8 Å². The van der Waals surface area contributed by atoms with Gasteiger partial charge in [0.15, 0.2) is 0 Å². The SMILES string of the molecule is Cc1nc(-c2cccc(Cl)c2)sc1C(=O)Nc1ccc(Cl)c(C#N)c1. The molecular formula is C18H11Cl2N3OS. The zero-order chi connectivity index (χ0) is 18.0. The Balaban J connectivity index is 1.87. The van der Waals surface area contributed by atoms with Crippen LogP contribution in [0.2, 0.25) is 10.0 Å². The van der Waals surface area contributed by atoms with Gasteiger partial charge in [0.25, 0.3) is 5.91 Å². The summed E-state index contributed by atoms with van der Waals surface area (Å²) in [4.78, 5) is 17.5. The highest BCUT2D eigenvalue weighted by molar-refractivity contribution is 7.17. The van der Waals surface area contributed by atoms with E-state index >= 15 is 0 Å². The van der Waals surface area contributed by atoms with Crippen LogP contribution in [0.4, 0.5) is 5.69 Å². The summed E-state index contributed by atoms with van der Waals surface area (Å²) in [5.74, 6) is -0.283. The van der Waals surface area contributed by atoms with Gasteiger partial charge in [0, 0.05) is 16.3 Å². The van der Waals surface area contributed by atoms with Gasteiger partial charge < -0.3 is 5.32 Å². The number of carbonyl (C=O) groups is 1. The third kappa shape index (κ3) is 3.83. The molecule has 0 fully saturated rings. The molecule has 0 atom stereocenters. The number of amides is 1. The molecule has 2 aromatic carbocycles. The molecule has 1 aromatic heterocycles. The Morgan fingerprint density at radius 1 is 1.24 bits per heavy atom. The lowest BCUT2D eigenvalue weighted by atomic mass is 10.2. The lowest BCUT2D eigenvalue weighted by Crippen LogP contribution is -2.11. The fourth-order valence-corrected chi connectivity index (χ4v) is 3.54. The fourth-order valence-electron chi connectivity index (χ4n) is 2.23. The number of aromatic nitrogens is 1. The van der Waals surface area contributed by atoms with Crippen molar-refractivity contribution in [1.29, 1.82) is 5.26 Å². The van der Waals surface area contributed by atoms with E-state index in [9.17, 15) is 4.79 Å². The van der Waals surface area contributed by atoms with Crippen LogP contribution in [0.15, 0.2) is 42.5 Å². The molecule has 3 rings (SSSR count). The molecule has 0 aliphatic heterocycles. The van der Waals surface area contributed by atoms with Gasteiger partial charge in [0.1, 0.15) is 16.0 Å². The molecule has 1 heterocycles. The van der Waals surface area contributed by atoms with E-state index < -0.39 is 0 Å². The number of anilines is 1. The molecule has 124 valence electrons. The zero-order valence-corrected chi connectivity index (χ0v) is 15.3. The van der Waals surface area contributed by atoms with Crippen LogP contribution in [0, 0.1) is 18.3 Å². The lowest BCUT2D eigenvalue weighted by Gasteiger charge is -2.05. The van der Waals surface area contributed by atoms with Crippen molar-refractivity contribution in [2.75, 3.05) is 5.32 Å². The quantitative estimate of drug-likeness (QED) is 0.640. The van der Waals surface area contributed by atoms with E-state index in [4.69, 9.17) is 28.5 Å². The van der Waals surface area contributed by atoms with Crippen LogP contribution < -0.4 is 5.32 Å². The molecule has 0 radical (unpaired) electrons. The second-order valence-electron chi connectivity index (χ2n) is 5.20. The van der Waals surface area contributed by atoms with E-state index in [1.165, 1.54) is 17.4 Å². The second-order valence-corrected chi connectivity index (χ2v) is 7.05. The molecule has 0 aliphatic carbocycles. The van der Waals surface area contributed by atoms with E-state index in [-0.39, 0.29) is 5.91 Å². The third-order valence-corrected chi connectivity index (χ3v) is 5.19. The number of thiazole rings is 1. The number of nitrogens with zero attached hydrogens (tertiary/aromatic N) is 2. The Hall–Kier alpha value is -2.39. The normalized spacial score (nSPS) is 10.3. The van der Waals surface area contributed by atoms with E-state index in [0.29, 0.717) is 31.9 Å². The van der Waals surface area contributed by atoms with Gasteiger partial charge in [-0.25, -0.2) is 4.98 Å². The number of nitriles is 1. The maximum atomic E-state index is 12.5. The van der Waals surface area contributed by atoms with Crippen molar-refractivity contribution < 1.29 is 4.79 Å². The number of aryl methyl sites for hydroxylation is 1. The van der Waals surface area contributed by atoms with Gasteiger partial charge in [-0.05, 0) is 37.3 Å². The summed E-state index contributed by atoms with van der Waals surface area (Å²) in [7, 11) is 0. The van der Waals surface area contributed by atoms with Crippen LogP contribution in [-0.2, 0) is 0 Å². The molecule has 0 aliphatic rings. The maximum Gasteiger partial charge on any atom is 0.267 e. The molecule has 0 bridgehead atoms. The molecular weight excluding hydrogens is 377 g/mol. The fraction of sp³-hybridized carbons (Fsp3) is 0.0556. The van der Waals surface area contributed by atoms with Crippen molar-refractivity contribution in [3.8, 4) is 16.6 Å². The van der Waals surface area contributed by atoms with Crippen molar-refractivity contribution in [2.45, 2.75) is 6.92 Å². The first kappa shape index (κ1) is 17.4. The zero-order valence-electron chi connectivity index (χ0n) is 13.0. The predicted molar refractivity (Wildman–Crippen MR) is 101 cm³/mol. The van der Waals surface area contributed by atoms with Crippen LogP contribution >= 0.6 is 34.5 Å². The number of rotatable bonds is 3. The number of carbonyl (C=O) groups excluding carboxylic acids is 1. The van der Waals surface area contributed by atoms with Gasteiger partial charge in [-0.3, -0.25) is 4.79 Å². The summed E-state index contributed by atoms with van der Waals surface area (Å²) in [6, 6.07) is 14.1. The first-order valence-corrected chi connectivity index (χ1v) is 8.79. The molecule has 4 nitrogen and oxygen atoms in total. The lowest BCUT2D eigenvalue weighted by molar-refractivity contribution is 0.103. The highest BCUT2D eigenvalue weighted by Crippen LogP contribution is 2.30. The smallest absolute Gasteiger partial charge is 0.267 e. The third-order valence-electron chi connectivity index (χ3n) is 3.42. The Kier molecular flexibility index (Phi) is 5.05. The Bertz CT molecular complexity index is 1010. The van der Waals surface area contributed by atoms with E-state index in [0.717, 1.165) is 10.6 Å². The second kappa shape index (κ2) is 7.24. The Morgan fingerprint density at radius 2 is 2.04 bits per heavy atom. The van der Waals surface area contributed by atoms with Gasteiger partial charge in [-0.1, -0.05) is 35.3 Å². The summed E-state index contributed by atoms with van der Waals surface area (Å²) in [5, 5.41) is 13.5. The predicted octanol–water partition coefficient (Wildman–Crippen LogP) is 5.55. The average Bonchev–Trinajstić information content (AvgIpc) is 2.98. The monoisotopic (exact) mass is 387 g/mol. The number of hydrogen-bond donors (Lipinski definition) is 1. The van der Waals surface area contributed by atoms with Crippen LogP contribution in [-0.4, -0.2) is 10.9 Å². The minimum atomic E-state index is -0.283. The van der Waals surface area contributed by atoms with Crippen LogP contribution in [0.1, 0.15) is 20.9 Å². The molecule has 3 aromatic rings. The van der Waals surface area contributed by atoms with Crippen molar-refractivity contribution in [3.05, 3.63) is 68.6 Å². The highest BCUT2D eigenvalue weighted by atomic mass is 35.5. The largest absolute Gasteiger partial charge is 0.321 e. The Labute approximate surface area is 158 Å². The molecule has 0 spiro atoms. The van der Waals surface area contributed by atoms with E-state index in [2.05, 4.69) is 10.3 Å². The summed E-state index contributed by atoms with van der Waals surface area (Å²) < 4.78 is 0. The van der Waals surface area contributed by atoms with Crippen molar-refractivity contribution in [3.63, 3.8) is 0 Å². The summed E-state index contributed by atoms with van der Waals surface area (Å²) >= 11 is 13.2. The number of benzene rings is 2. The molecule has 7 heteroatoms. The highest BCUT2D eigenvalue weighted by Gasteiger charge is 2.17. The maximum absolute atomic E-state index is 12.5. The van der Waals surface area contributed by atoms with E-state index in [1.807, 2.05) is 18.2 Å². The molecule has 0 unspecified atom stereocenters. The van der Waals surface area contributed by atoms with Gasteiger partial charge in [-0.2, -0.15) is 5.26 Å². The van der Waals surface area contributed by atoms with Gasteiger partial charge >= 0.3 is 0 Å². The van der Waals surface area contributed by atoms with Crippen molar-refractivity contribution in [1.82, 2.24) is 4.98 Å². The molecule has 0 saturated carbocycles. The average molecular weight is 388 g/mol. The number of halogens is 2. The number of nitrogens with one attached hydrogen (secondary N) is 1. The molecule has 0 saturated heterocycles. The summed E-state index contributed by atoms with van der Waals surface area (Å²) in [5.41, 5.74) is 2.30. The first-order chi connectivity index (χ1) is 12.0. The van der Waals surface area contributed by atoms with Gasteiger partial charge in [-0.15, -0.1) is 11.3 Å².